The van der Waals surface area contributed by atoms with Crippen molar-refractivity contribution in [3.05, 3.63) is 83.1 Å². The van der Waals surface area contributed by atoms with Gasteiger partial charge in [0.2, 0.25) is 12.0 Å². The molecule has 5 aromatic rings. The maximum atomic E-state index is 14.5. The van der Waals surface area contributed by atoms with Crippen molar-refractivity contribution in [2.75, 3.05) is 18.1 Å². The van der Waals surface area contributed by atoms with Gasteiger partial charge in [-0.1, -0.05) is 51.1 Å². The fourth-order valence-electron chi connectivity index (χ4n) is 5.53. The minimum Gasteiger partial charge on any atom is -0.457 e. The van der Waals surface area contributed by atoms with Crippen LogP contribution in [0.5, 0.6) is 0 Å². The SMILES string of the molecule is CC[C@H]1OC(O)(c2ccc3c(N)ncnn23)[C@H](F)[C@@H]1C.C[C@@H]1[C@@H](COCc2ccccc2)OC(=O)[C@@H]1F.Nc1ncnn2c(Br)ccc12. The monoisotopic (exact) mass is 730 g/mol. The van der Waals surface area contributed by atoms with Crippen LogP contribution < -0.4 is 11.5 Å². The zero-order valence-electron chi connectivity index (χ0n) is 26.5. The summed E-state index contributed by atoms with van der Waals surface area (Å²) in [6.07, 6.45) is -0.529. The standard InChI is InChI=1S/C13H17FN4O2.C13H15FO3.C6H5BrN4/c1-3-9-7(2)11(14)13(19,20-9)10-5-4-8-12(15)16-6-17-18(8)10;1-9-11(17-13(15)12(9)14)8-16-7-10-5-3-2-4-6-10;7-5-2-1-4-6(8)9-3-10-11(4)5/h4-7,9,11,19H,3H2,1-2H3,(H2,15,16,17);2-6,9,11-12H,7-8H2,1H3;1-3H,(H2,8,9,10)/t7-,9-,11-,13?;9-,11-,12-;/m11./s1. The number of cyclic esters (lactones) is 1. The van der Waals surface area contributed by atoms with Gasteiger partial charge < -0.3 is 30.8 Å². The first-order valence-corrected chi connectivity index (χ1v) is 16.1. The van der Waals surface area contributed by atoms with Crippen LogP contribution in [0.3, 0.4) is 0 Å². The number of esters is 1. The van der Waals surface area contributed by atoms with E-state index >= 15 is 0 Å². The van der Waals surface area contributed by atoms with Crippen LogP contribution in [0.2, 0.25) is 0 Å². The molecule has 16 heteroatoms. The van der Waals surface area contributed by atoms with Crippen molar-refractivity contribution in [2.45, 2.75) is 64.1 Å². The maximum absolute atomic E-state index is 14.5. The van der Waals surface area contributed by atoms with Gasteiger partial charge in [0.05, 0.1) is 19.3 Å². The largest absolute Gasteiger partial charge is 0.457 e. The summed E-state index contributed by atoms with van der Waals surface area (Å²) in [5.41, 5.74) is 13.9. The Bertz CT molecular complexity index is 1850. The zero-order valence-corrected chi connectivity index (χ0v) is 28.1. The van der Waals surface area contributed by atoms with Crippen LogP contribution in [-0.2, 0) is 31.4 Å². The maximum Gasteiger partial charge on any atom is 0.341 e. The summed E-state index contributed by atoms with van der Waals surface area (Å²) in [4.78, 5) is 18.7. The Morgan fingerprint density at radius 3 is 2.15 bits per heavy atom. The van der Waals surface area contributed by atoms with Crippen LogP contribution >= 0.6 is 15.9 Å². The summed E-state index contributed by atoms with van der Waals surface area (Å²) in [7, 11) is 0. The van der Waals surface area contributed by atoms with Crippen molar-refractivity contribution in [3.63, 3.8) is 0 Å². The molecule has 2 fully saturated rings. The normalized spacial score (nSPS) is 26.5. The first-order chi connectivity index (χ1) is 23.0. The predicted octanol–water partition coefficient (Wildman–Crippen LogP) is 4.42. The van der Waals surface area contributed by atoms with Gasteiger partial charge in [-0.15, -0.1) is 0 Å². The molecule has 2 aliphatic rings. The number of ether oxygens (including phenoxy) is 3. The van der Waals surface area contributed by atoms with Gasteiger partial charge in [-0.3, -0.25) is 0 Å². The van der Waals surface area contributed by atoms with Gasteiger partial charge >= 0.3 is 5.97 Å². The first-order valence-electron chi connectivity index (χ1n) is 15.3. The van der Waals surface area contributed by atoms with Crippen LogP contribution in [0.4, 0.5) is 20.4 Å². The number of halogens is 3. The molecular formula is C32H37BrF2N8O5. The Labute approximate surface area is 283 Å². The van der Waals surface area contributed by atoms with Gasteiger partial charge in [0, 0.05) is 11.8 Å². The molecule has 5 N–H and O–H groups in total. The number of aliphatic hydroxyl groups is 1. The molecule has 0 bridgehead atoms. The molecule has 2 aliphatic heterocycles. The van der Waals surface area contributed by atoms with Gasteiger partial charge in [-0.25, -0.2) is 32.6 Å². The Morgan fingerprint density at radius 2 is 1.56 bits per heavy atom. The average molecular weight is 732 g/mol. The summed E-state index contributed by atoms with van der Waals surface area (Å²) in [6, 6.07) is 16.6. The minimum absolute atomic E-state index is 0.233. The van der Waals surface area contributed by atoms with Crippen molar-refractivity contribution < 1.29 is 32.9 Å². The zero-order chi connectivity index (χ0) is 34.6. The summed E-state index contributed by atoms with van der Waals surface area (Å²) in [5, 5.41) is 18.7. The van der Waals surface area contributed by atoms with Gasteiger partial charge in [0.15, 0.2) is 17.8 Å². The van der Waals surface area contributed by atoms with Gasteiger partial charge in [-0.05, 0) is 52.2 Å². The lowest BCUT2D eigenvalue weighted by atomic mass is 9.95. The Hall–Kier alpha value is -4.25. The third-order valence-corrected chi connectivity index (χ3v) is 8.97. The fourth-order valence-corrected chi connectivity index (χ4v) is 5.94. The fraction of sp³-hybridized carbons (Fsp3) is 0.406. The number of aromatic nitrogens is 6. The highest BCUT2D eigenvalue weighted by Crippen LogP contribution is 2.44. The van der Waals surface area contributed by atoms with Crippen molar-refractivity contribution >= 4 is 44.6 Å². The number of nitrogen functional groups attached to an aromatic ring is 2. The van der Waals surface area contributed by atoms with E-state index in [1.54, 1.807) is 30.5 Å². The van der Waals surface area contributed by atoms with E-state index < -0.39 is 42.0 Å². The summed E-state index contributed by atoms with van der Waals surface area (Å²) < 4.78 is 47.5. The first kappa shape index (κ1) is 35.1. The second-order valence-electron chi connectivity index (χ2n) is 11.5. The number of nitrogens with zero attached hydrogens (tertiary/aromatic N) is 6. The third-order valence-electron chi connectivity index (χ3n) is 8.37. The van der Waals surface area contributed by atoms with Crippen LogP contribution in [0.15, 0.2) is 71.9 Å². The molecule has 1 aromatic carbocycles. The molecule has 7 rings (SSSR count). The minimum atomic E-state index is -2.01. The summed E-state index contributed by atoms with van der Waals surface area (Å²) in [6.45, 7) is 5.97. The lowest BCUT2D eigenvalue weighted by Gasteiger charge is -2.24. The molecule has 1 unspecified atom stereocenters. The van der Waals surface area contributed by atoms with Crippen LogP contribution in [0.1, 0.15) is 38.4 Å². The molecule has 0 radical (unpaired) electrons. The molecule has 0 spiro atoms. The van der Waals surface area contributed by atoms with E-state index in [1.165, 1.54) is 17.2 Å². The van der Waals surface area contributed by atoms with Crippen molar-refractivity contribution in [3.8, 4) is 0 Å². The van der Waals surface area contributed by atoms with E-state index in [1.807, 2.05) is 49.4 Å². The molecule has 0 aliphatic carbocycles. The van der Waals surface area contributed by atoms with Crippen LogP contribution in [0.25, 0.3) is 11.0 Å². The number of rotatable bonds is 6. The van der Waals surface area contributed by atoms with Gasteiger partial charge in [-0.2, -0.15) is 10.2 Å². The number of hydrogen-bond acceptors (Lipinski definition) is 11. The van der Waals surface area contributed by atoms with Crippen LogP contribution in [0, 0.1) is 11.8 Å². The van der Waals surface area contributed by atoms with Crippen LogP contribution in [-0.4, -0.2) is 71.4 Å². The highest BCUT2D eigenvalue weighted by Gasteiger charge is 2.55. The number of fused-ring (bicyclic) bond motifs is 2. The van der Waals surface area contributed by atoms with E-state index in [4.69, 9.17) is 25.7 Å². The number of carbonyl (C=O) groups is 1. The molecule has 4 aromatic heterocycles. The Balaban J connectivity index is 0.000000147. The van der Waals surface area contributed by atoms with Crippen molar-refractivity contribution in [1.29, 1.82) is 0 Å². The second-order valence-corrected chi connectivity index (χ2v) is 12.3. The summed E-state index contributed by atoms with van der Waals surface area (Å²) in [5.74, 6) is -2.85. The number of carbonyl (C=O) groups excluding carboxylic acids is 1. The highest BCUT2D eigenvalue weighted by molar-refractivity contribution is 9.10. The number of nitrogens with two attached hydrogens (primary N) is 2. The van der Waals surface area contributed by atoms with Crippen molar-refractivity contribution in [1.82, 2.24) is 29.2 Å². The molecule has 0 saturated carbocycles. The van der Waals surface area contributed by atoms with Crippen molar-refractivity contribution in [2.24, 2.45) is 11.8 Å². The number of alkyl halides is 2. The van der Waals surface area contributed by atoms with Gasteiger partial charge in [0.25, 0.3) is 0 Å². The molecule has 2 saturated heterocycles. The number of anilines is 2. The molecule has 256 valence electrons. The molecule has 7 atom stereocenters. The Kier molecular flexibility index (Phi) is 10.9. The smallest absolute Gasteiger partial charge is 0.341 e. The molecule has 0 amide bonds. The van der Waals surface area contributed by atoms with E-state index in [0.717, 1.165) is 15.7 Å². The average Bonchev–Trinajstić information content (AvgIpc) is 3.82. The number of benzene rings is 1. The Morgan fingerprint density at radius 1 is 0.938 bits per heavy atom. The predicted molar refractivity (Wildman–Crippen MR) is 176 cm³/mol. The second kappa shape index (κ2) is 14.9. The number of hydrogen-bond donors (Lipinski definition) is 3. The van der Waals surface area contributed by atoms with Gasteiger partial charge in [0.1, 0.15) is 40.1 Å². The van der Waals surface area contributed by atoms with E-state index in [9.17, 15) is 18.7 Å². The lowest BCUT2D eigenvalue weighted by molar-refractivity contribution is -0.227. The quantitative estimate of drug-likeness (QED) is 0.211. The topological polar surface area (TPSA) is 177 Å². The molecule has 48 heavy (non-hydrogen) atoms. The van der Waals surface area contributed by atoms with E-state index in [-0.39, 0.29) is 24.2 Å². The van der Waals surface area contributed by atoms with E-state index in [2.05, 4.69) is 36.1 Å². The third kappa shape index (κ3) is 7.11. The molecular weight excluding hydrogens is 694 g/mol. The van der Waals surface area contributed by atoms with E-state index in [0.29, 0.717) is 24.4 Å². The summed E-state index contributed by atoms with van der Waals surface area (Å²) >= 11 is 3.32. The molecule has 6 heterocycles. The highest BCUT2D eigenvalue weighted by atomic mass is 79.9. The molecule has 13 nitrogen and oxygen atoms in total. The lowest BCUT2D eigenvalue weighted by Crippen LogP contribution is -2.36.